The number of aryl methyl sites for hydroxylation is 2. The highest BCUT2D eigenvalue weighted by molar-refractivity contribution is 7.12. The van der Waals surface area contributed by atoms with Crippen molar-refractivity contribution in [3.63, 3.8) is 0 Å². The number of hydrogen-bond donors (Lipinski definition) is 1. The Morgan fingerprint density at radius 3 is 2.56 bits per heavy atom. The minimum atomic E-state index is -0.0719. The number of rotatable bonds is 2. The lowest BCUT2D eigenvalue weighted by Crippen LogP contribution is -2.11. The first-order valence-corrected chi connectivity index (χ1v) is 6.35. The number of thiophene rings is 1. The Bertz CT molecular complexity index is 504. The van der Waals surface area contributed by atoms with Crippen LogP contribution in [0.3, 0.4) is 0 Å². The highest BCUT2D eigenvalue weighted by Gasteiger charge is 2.14. The van der Waals surface area contributed by atoms with Gasteiger partial charge in [0.15, 0.2) is 0 Å². The third-order valence-electron chi connectivity index (χ3n) is 2.57. The van der Waals surface area contributed by atoms with Crippen molar-refractivity contribution in [3.8, 4) is 0 Å². The van der Waals surface area contributed by atoms with Gasteiger partial charge in [0.1, 0.15) is 0 Å². The minimum absolute atomic E-state index is 0.0719. The Balaban J connectivity index is 2.38. The second-order valence-electron chi connectivity index (χ2n) is 3.94. The molecular weight excluding hydrogens is 238 g/mol. The monoisotopic (exact) mass is 251 g/mol. The summed E-state index contributed by atoms with van der Waals surface area (Å²) in [5.41, 5.74) is 8.58. The first-order valence-electron chi connectivity index (χ1n) is 5.16. The van der Waals surface area contributed by atoms with Gasteiger partial charge >= 0.3 is 0 Å². The fourth-order valence-electron chi connectivity index (χ4n) is 1.82. The summed E-state index contributed by atoms with van der Waals surface area (Å²) < 4.78 is 0. The van der Waals surface area contributed by atoms with Gasteiger partial charge in [0.05, 0.1) is 6.04 Å². The van der Waals surface area contributed by atoms with Crippen LogP contribution in [0.5, 0.6) is 0 Å². The van der Waals surface area contributed by atoms with E-state index in [4.69, 9.17) is 17.3 Å². The van der Waals surface area contributed by atoms with E-state index in [1.165, 1.54) is 15.3 Å². The first-order chi connectivity index (χ1) is 7.58. The Labute approximate surface area is 105 Å². The summed E-state index contributed by atoms with van der Waals surface area (Å²) >= 11 is 7.72. The van der Waals surface area contributed by atoms with Crippen molar-refractivity contribution < 1.29 is 0 Å². The van der Waals surface area contributed by atoms with Gasteiger partial charge in [0.2, 0.25) is 0 Å². The van der Waals surface area contributed by atoms with Crippen molar-refractivity contribution in [2.24, 2.45) is 5.73 Å². The van der Waals surface area contributed by atoms with Crippen LogP contribution in [0.2, 0.25) is 5.02 Å². The molecule has 0 fully saturated rings. The van der Waals surface area contributed by atoms with E-state index >= 15 is 0 Å². The fraction of sp³-hybridized carbons (Fsp3) is 0.231. The molecule has 0 saturated heterocycles. The molecule has 0 aliphatic carbocycles. The highest BCUT2D eigenvalue weighted by Crippen LogP contribution is 2.30. The molecule has 1 nitrogen and oxygen atoms in total. The molecule has 0 spiro atoms. The van der Waals surface area contributed by atoms with Gasteiger partial charge in [-0.05, 0) is 43.2 Å². The van der Waals surface area contributed by atoms with Gasteiger partial charge in [-0.3, -0.25) is 0 Å². The molecule has 2 rings (SSSR count). The topological polar surface area (TPSA) is 26.0 Å². The summed E-state index contributed by atoms with van der Waals surface area (Å²) in [5, 5.41) is 0.735. The van der Waals surface area contributed by atoms with E-state index in [1.807, 2.05) is 24.3 Å². The van der Waals surface area contributed by atoms with E-state index in [2.05, 4.69) is 19.9 Å². The summed E-state index contributed by atoms with van der Waals surface area (Å²) in [5.74, 6) is 0. The molecule has 1 heterocycles. The van der Waals surface area contributed by atoms with E-state index in [-0.39, 0.29) is 6.04 Å². The molecule has 2 N–H and O–H groups in total. The van der Waals surface area contributed by atoms with Gasteiger partial charge in [-0.25, -0.2) is 0 Å². The quantitative estimate of drug-likeness (QED) is 0.856. The third kappa shape index (κ3) is 2.29. The zero-order valence-corrected chi connectivity index (χ0v) is 10.9. The number of halogens is 1. The summed E-state index contributed by atoms with van der Waals surface area (Å²) in [6.45, 7) is 4.20. The van der Waals surface area contributed by atoms with Gasteiger partial charge in [-0.15, -0.1) is 11.3 Å². The molecule has 0 aliphatic heterocycles. The Morgan fingerprint density at radius 1 is 1.25 bits per heavy atom. The smallest absolute Gasteiger partial charge is 0.0649 e. The Kier molecular flexibility index (Phi) is 3.33. The van der Waals surface area contributed by atoms with Gasteiger partial charge in [0.25, 0.3) is 0 Å². The normalized spacial score (nSPS) is 12.8. The van der Waals surface area contributed by atoms with Crippen LogP contribution in [-0.4, -0.2) is 0 Å². The summed E-state index contributed by atoms with van der Waals surface area (Å²) in [6.07, 6.45) is 0. The van der Waals surface area contributed by atoms with Crippen molar-refractivity contribution in [2.45, 2.75) is 19.9 Å². The van der Waals surface area contributed by atoms with Crippen LogP contribution in [-0.2, 0) is 0 Å². The minimum Gasteiger partial charge on any atom is -0.320 e. The molecular formula is C13H14ClNS. The van der Waals surface area contributed by atoms with Crippen molar-refractivity contribution >= 4 is 22.9 Å². The van der Waals surface area contributed by atoms with Crippen LogP contribution in [0.4, 0.5) is 0 Å². The molecule has 0 saturated carbocycles. The van der Waals surface area contributed by atoms with Crippen LogP contribution >= 0.6 is 22.9 Å². The molecule has 0 amide bonds. The molecule has 0 aliphatic rings. The summed E-state index contributed by atoms with van der Waals surface area (Å²) in [7, 11) is 0. The van der Waals surface area contributed by atoms with E-state index in [0.717, 1.165) is 10.6 Å². The zero-order valence-electron chi connectivity index (χ0n) is 9.33. The van der Waals surface area contributed by atoms with Crippen LogP contribution in [0.25, 0.3) is 0 Å². The fourth-order valence-corrected chi connectivity index (χ4v) is 3.08. The molecule has 16 heavy (non-hydrogen) atoms. The second-order valence-corrected chi connectivity index (χ2v) is 5.66. The maximum Gasteiger partial charge on any atom is 0.0649 e. The molecule has 0 bridgehead atoms. The molecule has 1 aromatic carbocycles. The lowest BCUT2D eigenvalue weighted by Gasteiger charge is -2.11. The van der Waals surface area contributed by atoms with Crippen molar-refractivity contribution in [1.82, 2.24) is 0 Å². The second kappa shape index (κ2) is 4.58. The standard InChI is InChI=1S/C13H14ClNS/c1-8-6-9(2)16-13(8)12(15)10-4-3-5-11(14)7-10/h3-7,12H,15H2,1-2H3. The van der Waals surface area contributed by atoms with Crippen molar-refractivity contribution in [1.29, 1.82) is 0 Å². The average molecular weight is 252 g/mol. The molecule has 1 aromatic heterocycles. The van der Waals surface area contributed by atoms with Crippen LogP contribution in [0.15, 0.2) is 30.3 Å². The van der Waals surface area contributed by atoms with E-state index in [9.17, 15) is 0 Å². The molecule has 0 radical (unpaired) electrons. The maximum absolute atomic E-state index is 6.25. The first kappa shape index (κ1) is 11.6. The van der Waals surface area contributed by atoms with E-state index in [0.29, 0.717) is 0 Å². The average Bonchev–Trinajstić information content (AvgIpc) is 2.57. The predicted octanol–water partition coefficient (Wildman–Crippen LogP) is 4.07. The van der Waals surface area contributed by atoms with Gasteiger partial charge in [-0.2, -0.15) is 0 Å². The van der Waals surface area contributed by atoms with Crippen LogP contribution < -0.4 is 5.73 Å². The van der Waals surface area contributed by atoms with Crippen molar-refractivity contribution in [3.05, 3.63) is 56.2 Å². The lowest BCUT2D eigenvalue weighted by molar-refractivity contribution is 0.885. The molecule has 84 valence electrons. The molecule has 1 atom stereocenters. The Hall–Kier alpha value is -0.830. The largest absolute Gasteiger partial charge is 0.320 e. The molecule has 3 heteroatoms. The maximum atomic E-state index is 6.25. The number of benzene rings is 1. The Morgan fingerprint density at radius 2 is 2.00 bits per heavy atom. The van der Waals surface area contributed by atoms with Crippen LogP contribution in [0, 0.1) is 13.8 Å². The summed E-state index contributed by atoms with van der Waals surface area (Å²) in [4.78, 5) is 2.52. The van der Waals surface area contributed by atoms with E-state index in [1.54, 1.807) is 11.3 Å². The van der Waals surface area contributed by atoms with Crippen molar-refractivity contribution in [2.75, 3.05) is 0 Å². The predicted molar refractivity (Wildman–Crippen MR) is 71.3 cm³/mol. The van der Waals surface area contributed by atoms with E-state index < -0.39 is 0 Å². The van der Waals surface area contributed by atoms with Gasteiger partial charge in [-0.1, -0.05) is 23.7 Å². The van der Waals surface area contributed by atoms with Crippen LogP contribution in [0.1, 0.15) is 26.9 Å². The SMILES string of the molecule is Cc1cc(C)c(C(N)c2cccc(Cl)c2)s1. The third-order valence-corrected chi connectivity index (χ3v) is 4.04. The highest BCUT2D eigenvalue weighted by atomic mass is 35.5. The zero-order chi connectivity index (χ0) is 11.7. The molecule has 1 unspecified atom stereocenters. The lowest BCUT2D eigenvalue weighted by atomic mass is 10.0. The number of hydrogen-bond acceptors (Lipinski definition) is 2. The number of nitrogens with two attached hydrogens (primary N) is 1. The summed E-state index contributed by atoms with van der Waals surface area (Å²) in [6, 6.07) is 9.85. The van der Waals surface area contributed by atoms with Gasteiger partial charge < -0.3 is 5.73 Å². The molecule has 2 aromatic rings. The van der Waals surface area contributed by atoms with Gasteiger partial charge in [0, 0.05) is 14.8 Å².